The van der Waals surface area contributed by atoms with Crippen LogP contribution in [0.2, 0.25) is 0 Å². The molecule has 0 saturated carbocycles. The van der Waals surface area contributed by atoms with E-state index in [9.17, 15) is 21.2 Å². The number of rotatable bonds is 3. The molecule has 9 heteroatoms. The minimum atomic E-state index is -3.72. The summed E-state index contributed by atoms with van der Waals surface area (Å²) in [5.41, 5.74) is 0.216. The van der Waals surface area contributed by atoms with Crippen molar-refractivity contribution >= 4 is 25.5 Å². The van der Waals surface area contributed by atoms with Crippen molar-refractivity contribution in [3.63, 3.8) is 0 Å². The molecule has 0 atom stereocenters. The number of sulfonamides is 1. The van der Waals surface area contributed by atoms with Crippen molar-refractivity contribution < 1.29 is 21.2 Å². The van der Waals surface area contributed by atoms with E-state index >= 15 is 0 Å². The molecular formula is C14H21FN2O4S2. The molecule has 1 saturated heterocycles. The van der Waals surface area contributed by atoms with E-state index in [0.717, 1.165) is 6.07 Å². The Morgan fingerprint density at radius 1 is 1.26 bits per heavy atom. The van der Waals surface area contributed by atoms with Crippen molar-refractivity contribution in [1.29, 1.82) is 0 Å². The van der Waals surface area contributed by atoms with Gasteiger partial charge in [0, 0.05) is 13.1 Å². The maximum atomic E-state index is 14.3. The average Bonchev–Trinajstić information content (AvgIpc) is 2.57. The van der Waals surface area contributed by atoms with Gasteiger partial charge in [0.1, 0.15) is 5.82 Å². The molecule has 1 fully saturated rings. The van der Waals surface area contributed by atoms with Crippen molar-refractivity contribution in [2.24, 2.45) is 0 Å². The molecule has 0 unspecified atom stereocenters. The lowest BCUT2D eigenvalue weighted by Gasteiger charge is -2.24. The standard InChI is InChI=1S/C14H21FN2O4S2/c1-14(2)6-7-17(8-9-22(14,18)19)13-5-4-11(10-12(13)15)23(20,21)16-3/h4-5,10,16H,6-9H2,1-3H3. The fourth-order valence-corrected chi connectivity index (χ4v) is 4.61. The molecule has 0 amide bonds. The van der Waals surface area contributed by atoms with Crippen LogP contribution in [0.1, 0.15) is 20.3 Å². The highest BCUT2D eigenvalue weighted by Crippen LogP contribution is 2.29. The minimum absolute atomic E-state index is 0.0595. The van der Waals surface area contributed by atoms with Gasteiger partial charge in [0.25, 0.3) is 0 Å². The van der Waals surface area contributed by atoms with Crippen LogP contribution >= 0.6 is 0 Å². The molecule has 0 spiro atoms. The van der Waals surface area contributed by atoms with E-state index < -0.39 is 30.4 Å². The Morgan fingerprint density at radius 3 is 2.48 bits per heavy atom. The number of halogens is 1. The number of hydrogen-bond donors (Lipinski definition) is 1. The van der Waals surface area contributed by atoms with Crippen LogP contribution in [0.3, 0.4) is 0 Å². The van der Waals surface area contributed by atoms with Crippen LogP contribution in [-0.4, -0.2) is 47.5 Å². The third kappa shape index (κ3) is 3.51. The van der Waals surface area contributed by atoms with Gasteiger partial charge in [-0.1, -0.05) is 0 Å². The van der Waals surface area contributed by atoms with Gasteiger partial charge < -0.3 is 4.90 Å². The molecular weight excluding hydrogens is 343 g/mol. The Hall–Kier alpha value is -1.19. The molecule has 6 nitrogen and oxygen atoms in total. The van der Waals surface area contributed by atoms with Gasteiger partial charge in [0.05, 0.1) is 21.1 Å². The molecule has 1 aliphatic heterocycles. The van der Waals surface area contributed by atoms with E-state index in [-0.39, 0.29) is 22.9 Å². The lowest BCUT2D eigenvalue weighted by Crippen LogP contribution is -2.33. The SMILES string of the molecule is CNS(=O)(=O)c1ccc(N2CCC(C)(C)S(=O)(=O)CC2)c(F)c1. The van der Waals surface area contributed by atoms with Crippen molar-refractivity contribution in [3.05, 3.63) is 24.0 Å². The molecule has 1 aliphatic rings. The van der Waals surface area contributed by atoms with Crippen LogP contribution < -0.4 is 9.62 Å². The van der Waals surface area contributed by atoms with Gasteiger partial charge >= 0.3 is 0 Å². The van der Waals surface area contributed by atoms with Crippen LogP contribution in [0.5, 0.6) is 0 Å². The normalized spacial score (nSPS) is 21.0. The first-order chi connectivity index (χ1) is 10.5. The first-order valence-electron chi connectivity index (χ1n) is 7.20. The van der Waals surface area contributed by atoms with Gasteiger partial charge in [-0.15, -0.1) is 0 Å². The first kappa shape index (κ1) is 18.2. The van der Waals surface area contributed by atoms with E-state index in [4.69, 9.17) is 0 Å². The molecule has 1 heterocycles. The number of benzene rings is 1. The number of nitrogens with one attached hydrogen (secondary N) is 1. The van der Waals surface area contributed by atoms with Gasteiger partial charge in [-0.05, 0) is 45.5 Å². The summed E-state index contributed by atoms with van der Waals surface area (Å²) in [6, 6.07) is 3.64. The zero-order chi connectivity index (χ0) is 17.5. The summed E-state index contributed by atoms with van der Waals surface area (Å²) in [7, 11) is -5.72. The lowest BCUT2D eigenvalue weighted by molar-refractivity contribution is 0.537. The van der Waals surface area contributed by atoms with Crippen molar-refractivity contribution in [2.45, 2.75) is 29.9 Å². The van der Waals surface area contributed by atoms with Crippen LogP contribution in [0, 0.1) is 5.82 Å². The molecule has 0 radical (unpaired) electrons. The topological polar surface area (TPSA) is 83.6 Å². The summed E-state index contributed by atoms with van der Waals surface area (Å²) in [6.07, 6.45) is 0.380. The fraction of sp³-hybridized carbons (Fsp3) is 0.571. The minimum Gasteiger partial charge on any atom is -0.368 e. The van der Waals surface area contributed by atoms with E-state index in [1.807, 2.05) is 0 Å². The summed E-state index contributed by atoms with van der Waals surface area (Å²) in [4.78, 5) is 1.49. The summed E-state index contributed by atoms with van der Waals surface area (Å²) in [5, 5.41) is 0. The van der Waals surface area contributed by atoms with Crippen LogP contribution in [0.4, 0.5) is 10.1 Å². The Bertz CT molecular complexity index is 804. The van der Waals surface area contributed by atoms with Gasteiger partial charge in [-0.2, -0.15) is 0 Å². The second-order valence-corrected chi connectivity index (χ2v) is 10.8. The van der Waals surface area contributed by atoms with Crippen molar-refractivity contribution in [3.8, 4) is 0 Å². The smallest absolute Gasteiger partial charge is 0.240 e. The Morgan fingerprint density at radius 2 is 1.91 bits per heavy atom. The highest BCUT2D eigenvalue weighted by atomic mass is 32.2. The van der Waals surface area contributed by atoms with E-state index in [1.165, 1.54) is 19.2 Å². The number of sulfone groups is 1. The quantitative estimate of drug-likeness (QED) is 0.869. The monoisotopic (exact) mass is 364 g/mol. The van der Waals surface area contributed by atoms with Gasteiger partial charge in [-0.25, -0.2) is 25.9 Å². The molecule has 130 valence electrons. The number of nitrogens with zero attached hydrogens (tertiary/aromatic N) is 1. The maximum absolute atomic E-state index is 14.3. The second kappa shape index (κ2) is 6.03. The zero-order valence-electron chi connectivity index (χ0n) is 13.3. The van der Waals surface area contributed by atoms with E-state index in [1.54, 1.807) is 18.7 Å². The van der Waals surface area contributed by atoms with Gasteiger partial charge in [0.15, 0.2) is 9.84 Å². The van der Waals surface area contributed by atoms with E-state index in [0.29, 0.717) is 13.0 Å². The molecule has 2 rings (SSSR count). The van der Waals surface area contributed by atoms with Crippen LogP contribution in [0.15, 0.2) is 23.1 Å². The summed E-state index contributed by atoms with van der Waals surface area (Å²) >= 11 is 0. The highest BCUT2D eigenvalue weighted by Gasteiger charge is 2.37. The van der Waals surface area contributed by atoms with E-state index in [2.05, 4.69) is 4.72 Å². The third-order valence-electron chi connectivity index (χ3n) is 4.29. The largest absolute Gasteiger partial charge is 0.368 e. The van der Waals surface area contributed by atoms with Crippen LogP contribution in [-0.2, 0) is 19.9 Å². The van der Waals surface area contributed by atoms with Crippen molar-refractivity contribution in [2.75, 3.05) is 30.8 Å². The summed E-state index contributed by atoms with van der Waals surface area (Å²) in [6.45, 7) is 3.91. The predicted octanol–water partition coefficient (Wildman–Crippen LogP) is 1.14. The molecule has 0 bridgehead atoms. The Kier molecular flexibility index (Phi) is 4.76. The van der Waals surface area contributed by atoms with Gasteiger partial charge in [-0.3, -0.25) is 0 Å². The second-order valence-electron chi connectivity index (χ2n) is 6.14. The fourth-order valence-electron chi connectivity index (χ4n) is 2.45. The first-order valence-corrected chi connectivity index (χ1v) is 10.3. The number of hydrogen-bond acceptors (Lipinski definition) is 5. The zero-order valence-corrected chi connectivity index (χ0v) is 15.0. The molecule has 1 aromatic rings. The Balaban J connectivity index is 2.34. The molecule has 1 aromatic carbocycles. The Labute approximate surface area is 136 Å². The predicted molar refractivity (Wildman–Crippen MR) is 87.3 cm³/mol. The highest BCUT2D eigenvalue weighted by molar-refractivity contribution is 7.92. The average molecular weight is 364 g/mol. The lowest BCUT2D eigenvalue weighted by atomic mass is 10.1. The molecule has 0 aliphatic carbocycles. The summed E-state index contributed by atoms with van der Waals surface area (Å²) in [5.74, 6) is -0.742. The van der Waals surface area contributed by atoms with Crippen LogP contribution in [0.25, 0.3) is 0 Å². The summed E-state index contributed by atoms with van der Waals surface area (Å²) < 4.78 is 63.4. The van der Waals surface area contributed by atoms with Gasteiger partial charge in [0.2, 0.25) is 10.0 Å². The number of anilines is 1. The molecule has 1 N–H and O–H groups in total. The molecule has 23 heavy (non-hydrogen) atoms. The maximum Gasteiger partial charge on any atom is 0.240 e. The van der Waals surface area contributed by atoms with Crippen molar-refractivity contribution in [1.82, 2.24) is 4.72 Å². The third-order valence-corrected chi connectivity index (χ3v) is 8.31. The molecule has 0 aromatic heterocycles.